The normalized spacial score (nSPS) is 19.4. The Labute approximate surface area is 198 Å². The van der Waals surface area contributed by atoms with Gasteiger partial charge in [0.05, 0.1) is 5.02 Å². The first-order chi connectivity index (χ1) is 16.0. The first kappa shape index (κ1) is 22.3. The van der Waals surface area contributed by atoms with Gasteiger partial charge in [-0.3, -0.25) is 0 Å². The average Bonchev–Trinajstić information content (AvgIpc) is 3.23. The summed E-state index contributed by atoms with van der Waals surface area (Å²) < 4.78 is 22.1. The molecular weight excluding hydrogens is 441 g/mol. The van der Waals surface area contributed by atoms with Crippen LogP contribution in [0.15, 0.2) is 30.3 Å². The van der Waals surface area contributed by atoms with Crippen LogP contribution in [0.3, 0.4) is 0 Å². The van der Waals surface area contributed by atoms with E-state index in [9.17, 15) is 0 Å². The minimum absolute atomic E-state index is 0.216. The highest BCUT2D eigenvalue weighted by Crippen LogP contribution is 2.39. The standard InChI is InChI=1S/C25H29ClFN5O/c1-16-5-3-6-17(13-16)21-20(26)14-19-23(22(21)27)29-25(33-15-18-7-4-10-31(18)2)30-24(19)32-11-8-28-9-12-32/h3,5-6,13-14,18,28H,4,7-12,15H2,1-2H3/t18-/m0/s1. The average molecular weight is 470 g/mol. The van der Waals surface area contributed by atoms with Gasteiger partial charge in [-0.15, -0.1) is 0 Å². The van der Waals surface area contributed by atoms with Crippen LogP contribution in [0.4, 0.5) is 10.2 Å². The van der Waals surface area contributed by atoms with E-state index in [2.05, 4.69) is 27.1 Å². The zero-order valence-electron chi connectivity index (χ0n) is 19.1. The van der Waals surface area contributed by atoms with E-state index >= 15 is 4.39 Å². The molecule has 0 bridgehead atoms. The molecule has 8 heteroatoms. The number of likely N-dealkylation sites (N-methyl/N-ethyl adjacent to an activating group) is 1. The highest BCUT2D eigenvalue weighted by molar-refractivity contribution is 6.34. The molecule has 2 fully saturated rings. The maximum Gasteiger partial charge on any atom is 0.319 e. The zero-order valence-corrected chi connectivity index (χ0v) is 19.8. The Balaban J connectivity index is 1.61. The molecule has 0 unspecified atom stereocenters. The zero-order chi connectivity index (χ0) is 22.9. The van der Waals surface area contributed by atoms with Crippen molar-refractivity contribution in [3.05, 3.63) is 46.7 Å². The Kier molecular flexibility index (Phi) is 6.36. The summed E-state index contributed by atoms with van der Waals surface area (Å²) in [5.74, 6) is 0.234. The quantitative estimate of drug-likeness (QED) is 0.602. The molecule has 6 nitrogen and oxygen atoms in total. The molecule has 3 heterocycles. The monoisotopic (exact) mass is 469 g/mol. The van der Waals surface area contributed by atoms with Gasteiger partial charge in [-0.2, -0.15) is 9.97 Å². The lowest BCUT2D eigenvalue weighted by molar-refractivity contribution is 0.188. The largest absolute Gasteiger partial charge is 0.462 e. The number of piperazine rings is 1. The molecule has 174 valence electrons. The van der Waals surface area contributed by atoms with E-state index < -0.39 is 5.82 Å². The minimum atomic E-state index is -0.440. The van der Waals surface area contributed by atoms with Crippen molar-refractivity contribution in [2.75, 3.05) is 51.3 Å². The van der Waals surface area contributed by atoms with Crippen LogP contribution in [0, 0.1) is 12.7 Å². The van der Waals surface area contributed by atoms with E-state index in [4.69, 9.17) is 21.3 Å². The molecule has 0 amide bonds. The highest BCUT2D eigenvalue weighted by Gasteiger charge is 2.25. The van der Waals surface area contributed by atoms with Crippen LogP contribution >= 0.6 is 11.6 Å². The number of halogens is 2. The third-order valence-electron chi connectivity index (χ3n) is 6.64. The fourth-order valence-electron chi connectivity index (χ4n) is 4.77. The number of hydrogen-bond donors (Lipinski definition) is 1. The van der Waals surface area contributed by atoms with Crippen molar-refractivity contribution >= 4 is 28.3 Å². The molecule has 0 aliphatic carbocycles. The molecule has 2 aromatic carbocycles. The Morgan fingerprint density at radius 1 is 1.18 bits per heavy atom. The summed E-state index contributed by atoms with van der Waals surface area (Å²) in [7, 11) is 2.10. The van der Waals surface area contributed by atoms with E-state index in [1.165, 1.54) is 0 Å². The number of fused-ring (bicyclic) bond motifs is 1. The molecule has 1 N–H and O–H groups in total. The van der Waals surface area contributed by atoms with Crippen LogP contribution < -0.4 is 15.0 Å². The van der Waals surface area contributed by atoms with Crippen molar-refractivity contribution in [1.29, 1.82) is 0 Å². The van der Waals surface area contributed by atoms with E-state index in [0.29, 0.717) is 34.4 Å². The number of benzene rings is 2. The molecule has 0 spiro atoms. The summed E-state index contributed by atoms with van der Waals surface area (Å²) >= 11 is 6.65. The molecule has 5 rings (SSSR count). The summed E-state index contributed by atoms with van der Waals surface area (Å²) in [6, 6.07) is 10.0. The predicted molar refractivity (Wildman–Crippen MR) is 131 cm³/mol. The first-order valence-electron chi connectivity index (χ1n) is 11.6. The topological polar surface area (TPSA) is 53.5 Å². The van der Waals surface area contributed by atoms with Gasteiger partial charge in [0.2, 0.25) is 0 Å². The molecule has 3 aromatic rings. The first-order valence-corrected chi connectivity index (χ1v) is 11.9. The smallest absolute Gasteiger partial charge is 0.319 e. The summed E-state index contributed by atoms with van der Waals surface area (Å²) in [4.78, 5) is 13.7. The van der Waals surface area contributed by atoms with Gasteiger partial charge in [0, 0.05) is 43.2 Å². The number of nitrogens with zero attached hydrogens (tertiary/aromatic N) is 4. The fraction of sp³-hybridized carbons (Fsp3) is 0.440. The van der Waals surface area contributed by atoms with Crippen molar-refractivity contribution in [2.45, 2.75) is 25.8 Å². The van der Waals surface area contributed by atoms with Gasteiger partial charge in [0.25, 0.3) is 0 Å². The lowest BCUT2D eigenvalue weighted by atomic mass is 10.0. The van der Waals surface area contributed by atoms with Gasteiger partial charge in [0.1, 0.15) is 17.9 Å². The van der Waals surface area contributed by atoms with Gasteiger partial charge in [-0.1, -0.05) is 41.4 Å². The maximum atomic E-state index is 16.0. The number of hydrogen-bond acceptors (Lipinski definition) is 6. The molecule has 33 heavy (non-hydrogen) atoms. The molecule has 2 aliphatic rings. The van der Waals surface area contributed by atoms with Crippen LogP contribution in [-0.2, 0) is 0 Å². The summed E-state index contributed by atoms with van der Waals surface area (Å²) in [5, 5.41) is 4.32. The number of aromatic nitrogens is 2. The Morgan fingerprint density at radius 2 is 2.00 bits per heavy atom. The lowest BCUT2D eigenvalue weighted by Gasteiger charge is -2.29. The van der Waals surface area contributed by atoms with Crippen molar-refractivity contribution in [1.82, 2.24) is 20.2 Å². The van der Waals surface area contributed by atoms with E-state index in [1.54, 1.807) is 6.07 Å². The minimum Gasteiger partial charge on any atom is -0.462 e. The number of anilines is 1. The molecule has 0 radical (unpaired) electrons. The van der Waals surface area contributed by atoms with E-state index in [0.717, 1.165) is 56.7 Å². The van der Waals surface area contributed by atoms with Crippen molar-refractivity contribution in [3.63, 3.8) is 0 Å². The number of likely N-dealkylation sites (tertiary alicyclic amines) is 1. The molecule has 1 atom stereocenters. The number of rotatable bonds is 5. The van der Waals surface area contributed by atoms with Gasteiger partial charge < -0.3 is 19.9 Å². The second kappa shape index (κ2) is 9.41. The van der Waals surface area contributed by atoms with Gasteiger partial charge >= 0.3 is 6.01 Å². The summed E-state index contributed by atoms with van der Waals surface area (Å²) in [6.45, 7) is 6.76. The molecule has 2 aliphatic heterocycles. The second-order valence-electron chi connectivity index (χ2n) is 8.97. The van der Waals surface area contributed by atoms with Crippen LogP contribution in [0.5, 0.6) is 6.01 Å². The van der Waals surface area contributed by atoms with Crippen molar-refractivity contribution < 1.29 is 9.13 Å². The number of ether oxygens (including phenoxy) is 1. The second-order valence-corrected chi connectivity index (χ2v) is 9.37. The lowest BCUT2D eigenvalue weighted by Crippen LogP contribution is -2.44. The van der Waals surface area contributed by atoms with Crippen molar-refractivity contribution in [3.8, 4) is 17.1 Å². The fourth-order valence-corrected chi connectivity index (χ4v) is 5.07. The third-order valence-corrected chi connectivity index (χ3v) is 6.94. The third kappa shape index (κ3) is 4.50. The van der Waals surface area contributed by atoms with Crippen molar-refractivity contribution in [2.24, 2.45) is 0 Å². The molecular formula is C25H29ClFN5O. The van der Waals surface area contributed by atoms with E-state index in [1.807, 2.05) is 31.2 Å². The van der Waals surface area contributed by atoms with Gasteiger partial charge in [-0.25, -0.2) is 4.39 Å². The summed E-state index contributed by atoms with van der Waals surface area (Å²) in [5.41, 5.74) is 2.38. The molecule has 2 saturated heterocycles. The van der Waals surface area contributed by atoms with Crippen LogP contribution in [0.2, 0.25) is 5.02 Å². The summed E-state index contributed by atoms with van der Waals surface area (Å²) in [6.07, 6.45) is 2.23. The van der Waals surface area contributed by atoms with E-state index in [-0.39, 0.29) is 11.5 Å². The predicted octanol–water partition coefficient (Wildman–Crippen LogP) is 4.28. The highest BCUT2D eigenvalue weighted by atomic mass is 35.5. The molecule has 1 aromatic heterocycles. The Hall–Kier alpha value is -2.48. The van der Waals surface area contributed by atoms with Gasteiger partial charge in [0.15, 0.2) is 5.82 Å². The number of nitrogens with one attached hydrogen (secondary N) is 1. The van der Waals surface area contributed by atoms with Crippen LogP contribution in [0.25, 0.3) is 22.0 Å². The SMILES string of the molecule is Cc1cccc(-c2c(Cl)cc3c(N4CCNCC4)nc(OC[C@@H]4CCCN4C)nc3c2F)c1. The Morgan fingerprint density at radius 3 is 2.73 bits per heavy atom. The van der Waals surface area contributed by atoms with Crippen LogP contribution in [-0.4, -0.2) is 67.3 Å². The van der Waals surface area contributed by atoms with Crippen LogP contribution in [0.1, 0.15) is 18.4 Å². The van der Waals surface area contributed by atoms with Gasteiger partial charge in [-0.05, 0) is 45.0 Å². The number of aryl methyl sites for hydroxylation is 1. The Bertz CT molecular complexity index is 1170. The maximum absolute atomic E-state index is 16.0. The molecule has 0 saturated carbocycles.